The molecule has 0 saturated carbocycles. The van der Waals surface area contributed by atoms with Crippen molar-refractivity contribution in [2.75, 3.05) is 12.6 Å². The summed E-state index contributed by atoms with van der Waals surface area (Å²) in [5.41, 5.74) is 4.36. The summed E-state index contributed by atoms with van der Waals surface area (Å²) in [5, 5.41) is 11.5. The maximum atomic E-state index is 15.0. The number of nitrogens with zero attached hydrogens (tertiary/aromatic N) is 1. The lowest BCUT2D eigenvalue weighted by Gasteiger charge is -2.12. The number of nitrogens with one attached hydrogen (secondary N) is 1. The number of rotatable bonds is 6. The van der Waals surface area contributed by atoms with Crippen molar-refractivity contribution in [1.82, 2.24) is 4.40 Å². The molecule has 0 spiro atoms. The third-order valence-electron chi connectivity index (χ3n) is 5.22. The predicted octanol–water partition coefficient (Wildman–Crippen LogP) is 4.10. The SMILES string of the molecule is C=c1c(C(=O)CCC)cn2c3c(CO)cc(F)cc3c3c(NOC)c(F)cc1c32. The number of halogens is 2. The average molecular weight is 398 g/mol. The topological polar surface area (TPSA) is 63.0 Å². The third-order valence-corrected chi connectivity index (χ3v) is 5.22. The van der Waals surface area contributed by atoms with E-state index in [0.29, 0.717) is 56.4 Å². The summed E-state index contributed by atoms with van der Waals surface area (Å²) in [6.07, 6.45) is 2.63. The van der Waals surface area contributed by atoms with Gasteiger partial charge in [0.1, 0.15) is 17.3 Å². The first kappa shape index (κ1) is 19.3. The number of hydrogen-bond donors (Lipinski definition) is 2. The van der Waals surface area contributed by atoms with Gasteiger partial charge in [-0.25, -0.2) is 8.78 Å². The number of anilines is 1. The van der Waals surface area contributed by atoms with Crippen molar-refractivity contribution in [2.24, 2.45) is 0 Å². The van der Waals surface area contributed by atoms with Crippen LogP contribution in [0.2, 0.25) is 0 Å². The summed E-state index contributed by atoms with van der Waals surface area (Å²) >= 11 is 0. The van der Waals surface area contributed by atoms with Crippen LogP contribution in [0.4, 0.5) is 14.5 Å². The van der Waals surface area contributed by atoms with E-state index in [1.54, 1.807) is 10.6 Å². The van der Waals surface area contributed by atoms with Gasteiger partial charge in [-0.15, -0.1) is 0 Å². The summed E-state index contributed by atoms with van der Waals surface area (Å²) in [4.78, 5) is 17.6. The van der Waals surface area contributed by atoms with Crippen molar-refractivity contribution in [1.29, 1.82) is 0 Å². The number of carbonyl (C=O) groups excluding carboxylic acids is 1. The summed E-state index contributed by atoms with van der Waals surface area (Å²) in [5.74, 6) is -1.28. The van der Waals surface area contributed by atoms with Crippen molar-refractivity contribution >= 4 is 45.2 Å². The Morgan fingerprint density at radius 1 is 1.24 bits per heavy atom. The van der Waals surface area contributed by atoms with E-state index >= 15 is 4.39 Å². The van der Waals surface area contributed by atoms with Gasteiger partial charge >= 0.3 is 0 Å². The van der Waals surface area contributed by atoms with Crippen LogP contribution in [0.1, 0.15) is 35.7 Å². The molecule has 29 heavy (non-hydrogen) atoms. The summed E-state index contributed by atoms with van der Waals surface area (Å²) in [6, 6.07) is 3.81. The second-order valence-corrected chi connectivity index (χ2v) is 6.99. The molecule has 0 radical (unpaired) electrons. The standard InChI is InChI=1S/C22H20F2N2O3/c1-4-5-18(28)16-9-26-21-12(10-27)6-13(23)7-15(21)19-20(25-29-3)17(24)8-14(11(16)2)22(19)26/h6-9,25,27H,2,4-5,10H2,1,3H3. The Kier molecular flexibility index (Phi) is 4.72. The first-order valence-electron chi connectivity index (χ1n) is 9.25. The number of benzene rings is 2. The Morgan fingerprint density at radius 3 is 2.66 bits per heavy atom. The van der Waals surface area contributed by atoms with Gasteiger partial charge < -0.3 is 9.51 Å². The van der Waals surface area contributed by atoms with Gasteiger partial charge in [-0.3, -0.25) is 15.1 Å². The summed E-state index contributed by atoms with van der Waals surface area (Å²) < 4.78 is 31.0. The quantitative estimate of drug-likeness (QED) is 0.379. The van der Waals surface area contributed by atoms with Crippen LogP contribution in [0.25, 0.3) is 33.8 Å². The monoisotopic (exact) mass is 398 g/mol. The normalized spacial score (nSPS) is 11.8. The van der Waals surface area contributed by atoms with E-state index < -0.39 is 18.2 Å². The third kappa shape index (κ3) is 2.77. The highest BCUT2D eigenvalue weighted by molar-refractivity contribution is 6.20. The molecule has 0 aliphatic carbocycles. The van der Waals surface area contributed by atoms with Gasteiger partial charge in [0.15, 0.2) is 5.78 Å². The largest absolute Gasteiger partial charge is 0.392 e. The number of fused-ring (bicyclic) bond motifs is 3. The van der Waals surface area contributed by atoms with Gasteiger partial charge in [-0.2, -0.15) is 0 Å². The lowest BCUT2D eigenvalue weighted by Crippen LogP contribution is -2.17. The molecule has 150 valence electrons. The molecule has 4 aromatic rings. The Bertz CT molecular complexity index is 1330. The molecule has 4 rings (SSSR count). The Morgan fingerprint density at radius 2 is 2.00 bits per heavy atom. The van der Waals surface area contributed by atoms with Gasteiger partial charge in [0.2, 0.25) is 0 Å². The zero-order valence-electron chi connectivity index (χ0n) is 16.1. The number of carbonyl (C=O) groups is 1. The van der Waals surface area contributed by atoms with Crippen LogP contribution in [0.3, 0.4) is 0 Å². The minimum Gasteiger partial charge on any atom is -0.392 e. The van der Waals surface area contributed by atoms with Crippen LogP contribution in [0.5, 0.6) is 0 Å². The molecule has 0 bridgehead atoms. The fraction of sp³-hybridized carbons (Fsp3) is 0.227. The van der Waals surface area contributed by atoms with Crippen LogP contribution in [-0.2, 0) is 11.4 Å². The van der Waals surface area contributed by atoms with E-state index in [0.717, 1.165) is 0 Å². The van der Waals surface area contributed by atoms with Crippen LogP contribution >= 0.6 is 0 Å². The average Bonchev–Trinajstić information content (AvgIpc) is 3.01. The number of hydrogen-bond acceptors (Lipinski definition) is 4. The Hall–Kier alpha value is -3.03. The minimum atomic E-state index is -0.617. The zero-order chi connectivity index (χ0) is 20.9. The second kappa shape index (κ2) is 7.09. The molecule has 2 heterocycles. The molecule has 0 amide bonds. The molecule has 0 aliphatic rings. The molecule has 7 heteroatoms. The summed E-state index contributed by atoms with van der Waals surface area (Å²) in [6.45, 7) is 5.51. The van der Waals surface area contributed by atoms with E-state index in [9.17, 15) is 14.3 Å². The molecule has 0 aliphatic heterocycles. The maximum Gasteiger partial charge on any atom is 0.164 e. The highest BCUT2D eigenvalue weighted by Gasteiger charge is 2.23. The van der Waals surface area contributed by atoms with Crippen molar-refractivity contribution in [3.63, 3.8) is 0 Å². The molecule has 0 unspecified atom stereocenters. The van der Waals surface area contributed by atoms with E-state index in [4.69, 9.17) is 4.84 Å². The van der Waals surface area contributed by atoms with Crippen molar-refractivity contribution in [3.8, 4) is 0 Å². The number of Topliss-reactive ketones (excluding diaryl/α,β-unsaturated/α-hetero) is 1. The van der Waals surface area contributed by atoms with Gasteiger partial charge in [0.25, 0.3) is 0 Å². The number of ketones is 1. The van der Waals surface area contributed by atoms with Crippen LogP contribution < -0.4 is 10.7 Å². The van der Waals surface area contributed by atoms with Gasteiger partial charge in [-0.05, 0) is 29.8 Å². The van der Waals surface area contributed by atoms with Crippen molar-refractivity contribution in [2.45, 2.75) is 26.4 Å². The molecular weight excluding hydrogens is 378 g/mol. The van der Waals surface area contributed by atoms with E-state index in [1.165, 1.54) is 25.3 Å². The van der Waals surface area contributed by atoms with Crippen molar-refractivity contribution in [3.05, 3.63) is 52.4 Å². The Labute approximate surface area is 165 Å². The molecule has 2 aromatic heterocycles. The second-order valence-electron chi connectivity index (χ2n) is 6.99. The maximum absolute atomic E-state index is 15.0. The fourth-order valence-electron chi connectivity index (χ4n) is 4.03. The molecule has 2 aromatic carbocycles. The van der Waals surface area contributed by atoms with E-state index in [2.05, 4.69) is 12.1 Å². The highest BCUT2D eigenvalue weighted by Crippen LogP contribution is 2.39. The van der Waals surface area contributed by atoms with Gasteiger partial charge in [0, 0.05) is 39.9 Å². The smallest absolute Gasteiger partial charge is 0.164 e. The number of pyridine rings is 1. The molecule has 5 nitrogen and oxygen atoms in total. The molecule has 0 atom stereocenters. The molecule has 0 saturated heterocycles. The first-order valence-corrected chi connectivity index (χ1v) is 9.25. The number of aliphatic hydroxyl groups is 1. The van der Waals surface area contributed by atoms with Gasteiger partial charge in [0.05, 0.1) is 24.8 Å². The lowest BCUT2D eigenvalue weighted by molar-refractivity contribution is 0.0980. The highest BCUT2D eigenvalue weighted by atomic mass is 19.1. The molecular formula is C22H20F2N2O3. The fourth-order valence-corrected chi connectivity index (χ4v) is 4.03. The van der Waals surface area contributed by atoms with Crippen LogP contribution in [0, 0.1) is 11.6 Å². The number of aliphatic hydroxyl groups excluding tert-OH is 1. The first-order chi connectivity index (χ1) is 13.9. The van der Waals surface area contributed by atoms with E-state index in [1.807, 2.05) is 6.92 Å². The zero-order valence-corrected chi connectivity index (χ0v) is 16.1. The minimum absolute atomic E-state index is 0.0500. The Balaban J connectivity index is 2.31. The molecule has 0 fully saturated rings. The van der Waals surface area contributed by atoms with Gasteiger partial charge in [-0.1, -0.05) is 13.5 Å². The van der Waals surface area contributed by atoms with Crippen LogP contribution in [-0.4, -0.2) is 22.4 Å². The van der Waals surface area contributed by atoms with E-state index in [-0.39, 0.29) is 11.5 Å². The summed E-state index contributed by atoms with van der Waals surface area (Å²) in [7, 11) is 1.35. The van der Waals surface area contributed by atoms with Crippen molar-refractivity contribution < 1.29 is 23.5 Å². The van der Waals surface area contributed by atoms with Crippen LogP contribution in [0.15, 0.2) is 24.4 Å². The predicted molar refractivity (Wildman–Crippen MR) is 109 cm³/mol. The molecule has 2 N–H and O–H groups in total. The number of aromatic nitrogens is 1. The lowest BCUT2D eigenvalue weighted by atomic mass is 10.0.